The molecule has 0 aliphatic heterocycles. The van der Waals surface area contributed by atoms with Crippen LogP contribution in [0.1, 0.15) is 19.8 Å². The van der Waals surface area contributed by atoms with E-state index in [-0.39, 0.29) is 0 Å². The van der Waals surface area contributed by atoms with Crippen LogP contribution in [0.25, 0.3) is 0 Å². The molecule has 0 radical (unpaired) electrons. The maximum Gasteiger partial charge on any atom is 0.118 e. The van der Waals surface area contributed by atoms with E-state index >= 15 is 0 Å². The van der Waals surface area contributed by atoms with Crippen molar-refractivity contribution in [1.82, 2.24) is 5.32 Å². The SMILES string of the molecule is COc1ccc(S(=O)CCCCNC(C)=S)cc1. The molecule has 0 aliphatic carbocycles. The van der Waals surface area contributed by atoms with E-state index < -0.39 is 10.8 Å². The Hall–Kier alpha value is -0.940. The first-order valence-electron chi connectivity index (χ1n) is 5.90. The molecule has 0 heterocycles. The van der Waals surface area contributed by atoms with Crippen LogP contribution < -0.4 is 10.1 Å². The van der Waals surface area contributed by atoms with Gasteiger partial charge in [0.25, 0.3) is 0 Å². The second-order valence-corrected chi connectivity index (χ2v) is 6.10. The van der Waals surface area contributed by atoms with Crippen LogP contribution in [0.4, 0.5) is 0 Å². The van der Waals surface area contributed by atoms with Gasteiger partial charge in [-0.3, -0.25) is 4.21 Å². The highest BCUT2D eigenvalue weighted by Crippen LogP contribution is 2.14. The lowest BCUT2D eigenvalue weighted by Crippen LogP contribution is -2.19. The van der Waals surface area contributed by atoms with Gasteiger partial charge < -0.3 is 10.1 Å². The zero-order chi connectivity index (χ0) is 13.4. The Bertz CT molecular complexity index is 404. The molecule has 0 aromatic heterocycles. The number of hydrogen-bond donors (Lipinski definition) is 1. The van der Waals surface area contributed by atoms with E-state index in [1.54, 1.807) is 7.11 Å². The van der Waals surface area contributed by atoms with Crippen molar-refractivity contribution >= 4 is 28.0 Å². The number of unbranched alkanes of at least 4 members (excludes halogenated alkanes) is 1. The number of ether oxygens (including phenoxy) is 1. The highest BCUT2D eigenvalue weighted by Gasteiger charge is 2.03. The highest BCUT2D eigenvalue weighted by molar-refractivity contribution is 7.85. The van der Waals surface area contributed by atoms with Crippen LogP contribution in [-0.4, -0.2) is 28.6 Å². The molecule has 1 aromatic rings. The molecule has 0 bridgehead atoms. The lowest BCUT2D eigenvalue weighted by Gasteiger charge is -2.05. The summed E-state index contributed by atoms with van der Waals surface area (Å²) in [5.74, 6) is 1.47. The van der Waals surface area contributed by atoms with Gasteiger partial charge in [0.1, 0.15) is 5.75 Å². The Morgan fingerprint density at radius 2 is 2.00 bits per heavy atom. The van der Waals surface area contributed by atoms with E-state index in [4.69, 9.17) is 17.0 Å². The Balaban J connectivity index is 2.29. The summed E-state index contributed by atoms with van der Waals surface area (Å²) in [6.07, 6.45) is 1.91. The van der Waals surface area contributed by atoms with Crippen molar-refractivity contribution in [2.24, 2.45) is 0 Å². The van der Waals surface area contributed by atoms with Gasteiger partial charge in [-0.1, -0.05) is 12.2 Å². The summed E-state index contributed by atoms with van der Waals surface area (Å²) >= 11 is 4.91. The van der Waals surface area contributed by atoms with Crippen LogP contribution in [0.3, 0.4) is 0 Å². The Labute approximate surface area is 116 Å². The number of benzene rings is 1. The summed E-state index contributed by atoms with van der Waals surface area (Å²) in [7, 11) is 0.698. The molecular formula is C13H19NO2S2. The fourth-order valence-corrected chi connectivity index (χ4v) is 2.71. The first kappa shape index (κ1) is 15.1. The van der Waals surface area contributed by atoms with Gasteiger partial charge in [0.05, 0.1) is 22.9 Å². The van der Waals surface area contributed by atoms with E-state index in [2.05, 4.69) is 5.32 Å². The van der Waals surface area contributed by atoms with Gasteiger partial charge in [-0.15, -0.1) is 0 Å². The highest BCUT2D eigenvalue weighted by atomic mass is 32.2. The Morgan fingerprint density at radius 1 is 1.33 bits per heavy atom. The third kappa shape index (κ3) is 5.60. The van der Waals surface area contributed by atoms with E-state index in [9.17, 15) is 4.21 Å². The lowest BCUT2D eigenvalue weighted by atomic mass is 10.3. The minimum Gasteiger partial charge on any atom is -0.497 e. The molecule has 1 unspecified atom stereocenters. The minimum absolute atomic E-state index is 0.685. The third-order valence-electron chi connectivity index (χ3n) is 2.45. The monoisotopic (exact) mass is 285 g/mol. The maximum absolute atomic E-state index is 12.0. The molecule has 3 nitrogen and oxygen atoms in total. The topological polar surface area (TPSA) is 38.3 Å². The number of hydrogen-bond acceptors (Lipinski definition) is 3. The van der Waals surface area contributed by atoms with Crippen molar-refractivity contribution in [3.8, 4) is 5.75 Å². The molecule has 1 rings (SSSR count). The van der Waals surface area contributed by atoms with Crippen molar-refractivity contribution in [3.63, 3.8) is 0 Å². The molecule has 100 valence electrons. The molecule has 18 heavy (non-hydrogen) atoms. The second-order valence-electron chi connectivity index (χ2n) is 3.92. The van der Waals surface area contributed by atoms with E-state index in [0.29, 0.717) is 5.75 Å². The van der Waals surface area contributed by atoms with Gasteiger partial charge in [0, 0.05) is 17.2 Å². The summed E-state index contributed by atoms with van der Waals surface area (Å²) in [5, 5.41) is 3.09. The predicted molar refractivity (Wildman–Crippen MR) is 79.8 cm³/mol. The molecule has 0 saturated carbocycles. The van der Waals surface area contributed by atoms with Crippen LogP contribution in [0.5, 0.6) is 5.75 Å². The minimum atomic E-state index is -0.924. The van der Waals surface area contributed by atoms with Crippen LogP contribution >= 0.6 is 12.2 Å². The standard InChI is InChI=1S/C13H19NO2S2/c1-11(17)14-9-3-4-10-18(15)13-7-5-12(16-2)6-8-13/h5-8H,3-4,9-10H2,1-2H3,(H,14,17). The molecule has 0 spiro atoms. The van der Waals surface area contributed by atoms with Crippen molar-refractivity contribution in [2.75, 3.05) is 19.4 Å². The van der Waals surface area contributed by atoms with Gasteiger partial charge in [0.15, 0.2) is 0 Å². The normalized spacial score (nSPS) is 11.9. The van der Waals surface area contributed by atoms with Gasteiger partial charge in [-0.25, -0.2) is 0 Å². The molecular weight excluding hydrogens is 266 g/mol. The number of nitrogens with one attached hydrogen (secondary N) is 1. The fourth-order valence-electron chi connectivity index (χ4n) is 1.47. The van der Waals surface area contributed by atoms with E-state index in [1.165, 1.54) is 0 Å². The summed E-state index contributed by atoms with van der Waals surface area (Å²) < 4.78 is 17.0. The molecule has 0 saturated heterocycles. The summed E-state index contributed by atoms with van der Waals surface area (Å²) in [6.45, 7) is 2.72. The first-order valence-corrected chi connectivity index (χ1v) is 7.63. The summed E-state index contributed by atoms with van der Waals surface area (Å²) in [6, 6.07) is 7.39. The predicted octanol–water partition coefficient (Wildman–Crippen LogP) is 2.52. The number of rotatable bonds is 7. The first-order chi connectivity index (χ1) is 8.63. The zero-order valence-electron chi connectivity index (χ0n) is 10.8. The van der Waals surface area contributed by atoms with Crippen molar-refractivity contribution < 1.29 is 8.95 Å². The second kappa shape index (κ2) is 8.21. The average molecular weight is 285 g/mol. The van der Waals surface area contributed by atoms with Crippen molar-refractivity contribution in [1.29, 1.82) is 0 Å². The summed E-state index contributed by atoms with van der Waals surface area (Å²) in [5.41, 5.74) is 0. The average Bonchev–Trinajstić information content (AvgIpc) is 2.38. The van der Waals surface area contributed by atoms with Gasteiger partial charge in [-0.2, -0.15) is 0 Å². The maximum atomic E-state index is 12.0. The smallest absolute Gasteiger partial charge is 0.118 e. The quantitative estimate of drug-likeness (QED) is 0.617. The molecule has 1 aromatic carbocycles. The van der Waals surface area contributed by atoms with E-state index in [1.807, 2.05) is 31.2 Å². The van der Waals surface area contributed by atoms with Crippen LogP contribution in [0.15, 0.2) is 29.2 Å². The van der Waals surface area contributed by atoms with Crippen LogP contribution in [0, 0.1) is 0 Å². The summed E-state index contributed by atoms with van der Waals surface area (Å²) in [4.78, 5) is 1.67. The van der Waals surface area contributed by atoms with Gasteiger partial charge >= 0.3 is 0 Å². The molecule has 1 atom stereocenters. The molecule has 0 fully saturated rings. The molecule has 0 amide bonds. The van der Waals surface area contributed by atoms with Crippen LogP contribution in [-0.2, 0) is 10.8 Å². The van der Waals surface area contributed by atoms with Crippen molar-refractivity contribution in [3.05, 3.63) is 24.3 Å². The third-order valence-corrected chi connectivity index (χ3v) is 4.05. The Morgan fingerprint density at radius 3 is 2.56 bits per heavy atom. The fraction of sp³-hybridized carbons (Fsp3) is 0.462. The number of methoxy groups -OCH3 is 1. The molecule has 0 aliphatic rings. The Kier molecular flexibility index (Phi) is 6.90. The van der Waals surface area contributed by atoms with Crippen LogP contribution in [0.2, 0.25) is 0 Å². The van der Waals surface area contributed by atoms with Crippen molar-refractivity contribution in [2.45, 2.75) is 24.7 Å². The molecule has 5 heteroatoms. The van der Waals surface area contributed by atoms with E-state index in [0.717, 1.165) is 35.0 Å². The molecule has 1 N–H and O–H groups in total. The lowest BCUT2D eigenvalue weighted by molar-refractivity contribution is 0.414. The van der Waals surface area contributed by atoms with Gasteiger partial charge in [0.2, 0.25) is 0 Å². The zero-order valence-corrected chi connectivity index (χ0v) is 12.4. The largest absolute Gasteiger partial charge is 0.497 e. The van der Waals surface area contributed by atoms with Gasteiger partial charge in [-0.05, 0) is 44.0 Å². The number of thiocarbonyl (C=S) groups is 1.